The van der Waals surface area contributed by atoms with Gasteiger partial charge in [-0.05, 0) is 19.3 Å². The van der Waals surface area contributed by atoms with Crippen LogP contribution in [0.25, 0.3) is 0 Å². The van der Waals surface area contributed by atoms with Crippen molar-refractivity contribution in [1.29, 1.82) is 0 Å². The van der Waals surface area contributed by atoms with Gasteiger partial charge in [0.25, 0.3) is 0 Å². The molecule has 0 aliphatic carbocycles. The second-order valence-corrected chi connectivity index (χ2v) is 6.00. The quantitative estimate of drug-likeness (QED) is 0.757. The van der Waals surface area contributed by atoms with Crippen molar-refractivity contribution in [3.05, 3.63) is 0 Å². The number of nitrogens with zero attached hydrogens (tertiary/aromatic N) is 1. The molecule has 0 spiro atoms. The van der Waals surface area contributed by atoms with Gasteiger partial charge in [0.15, 0.2) is 0 Å². The molecule has 17 heavy (non-hydrogen) atoms. The van der Waals surface area contributed by atoms with Crippen LogP contribution in [-0.2, 0) is 9.53 Å². The lowest BCUT2D eigenvalue weighted by Crippen LogP contribution is -2.46. The van der Waals surface area contributed by atoms with Crippen LogP contribution in [0.1, 0.15) is 34.1 Å². The number of carbonyl (C=O) groups excluding carboxylic acids is 1. The number of hydrogen-bond acceptors (Lipinski definition) is 4. The minimum atomic E-state index is -0.123. The normalized spacial score (nSPS) is 25.6. The Labute approximate surface area is 105 Å². The Morgan fingerprint density at radius 2 is 2.18 bits per heavy atom. The third kappa shape index (κ3) is 4.28. The highest BCUT2D eigenvalue weighted by molar-refractivity contribution is 5.69. The third-order valence-corrected chi connectivity index (χ3v) is 3.36. The standard InChI is InChI=1S/C13H26N2O2/c1-10(2)15-9-13(3,4)8-14-7-11(15)6-12(16)17-5/h10-11,14H,6-9H2,1-5H3. The molecule has 1 atom stereocenters. The fraction of sp³-hybridized carbons (Fsp3) is 0.923. The van der Waals surface area contributed by atoms with Crippen molar-refractivity contribution < 1.29 is 9.53 Å². The molecule has 4 heteroatoms. The highest BCUT2D eigenvalue weighted by Crippen LogP contribution is 2.23. The number of methoxy groups -OCH3 is 1. The lowest BCUT2D eigenvalue weighted by atomic mass is 9.92. The molecule has 1 N–H and O–H groups in total. The molecule has 0 radical (unpaired) electrons. The smallest absolute Gasteiger partial charge is 0.307 e. The van der Waals surface area contributed by atoms with Gasteiger partial charge in [0.05, 0.1) is 13.5 Å². The number of nitrogens with one attached hydrogen (secondary N) is 1. The Balaban J connectivity index is 2.75. The van der Waals surface area contributed by atoms with Gasteiger partial charge in [-0.2, -0.15) is 0 Å². The minimum Gasteiger partial charge on any atom is -0.469 e. The van der Waals surface area contributed by atoms with E-state index in [-0.39, 0.29) is 17.4 Å². The summed E-state index contributed by atoms with van der Waals surface area (Å²) in [6.07, 6.45) is 0.470. The summed E-state index contributed by atoms with van der Waals surface area (Å²) in [6, 6.07) is 0.688. The van der Waals surface area contributed by atoms with Crippen molar-refractivity contribution in [3.63, 3.8) is 0 Å². The molecular formula is C13H26N2O2. The molecule has 1 saturated heterocycles. The summed E-state index contributed by atoms with van der Waals surface area (Å²) in [5.74, 6) is -0.123. The summed E-state index contributed by atoms with van der Waals surface area (Å²) in [4.78, 5) is 13.9. The van der Waals surface area contributed by atoms with Gasteiger partial charge in [-0.15, -0.1) is 0 Å². The van der Waals surface area contributed by atoms with Gasteiger partial charge in [0.1, 0.15) is 0 Å². The zero-order valence-electron chi connectivity index (χ0n) is 11.7. The number of esters is 1. The Kier molecular flexibility index (Phi) is 4.95. The van der Waals surface area contributed by atoms with Crippen molar-refractivity contribution in [2.75, 3.05) is 26.7 Å². The maximum atomic E-state index is 11.4. The molecule has 0 aromatic carbocycles. The molecule has 0 aromatic heterocycles. The predicted octanol–water partition coefficient (Wildman–Crippen LogP) is 1.26. The second-order valence-electron chi connectivity index (χ2n) is 6.00. The molecule has 1 unspecified atom stereocenters. The van der Waals surface area contributed by atoms with E-state index in [4.69, 9.17) is 4.74 Å². The number of rotatable bonds is 3. The average molecular weight is 242 g/mol. The van der Waals surface area contributed by atoms with Gasteiger partial charge >= 0.3 is 5.97 Å². The molecular weight excluding hydrogens is 216 g/mol. The first-order valence-electron chi connectivity index (χ1n) is 6.39. The first-order valence-corrected chi connectivity index (χ1v) is 6.39. The Morgan fingerprint density at radius 3 is 2.71 bits per heavy atom. The summed E-state index contributed by atoms with van der Waals surface area (Å²) in [7, 11) is 1.45. The topological polar surface area (TPSA) is 41.6 Å². The maximum absolute atomic E-state index is 11.4. The van der Waals surface area contributed by atoms with Crippen LogP contribution in [0.5, 0.6) is 0 Å². The first-order chi connectivity index (χ1) is 7.85. The number of hydrogen-bond donors (Lipinski definition) is 1. The van der Waals surface area contributed by atoms with E-state index < -0.39 is 0 Å². The average Bonchev–Trinajstić information content (AvgIpc) is 2.37. The van der Waals surface area contributed by atoms with E-state index in [1.165, 1.54) is 7.11 Å². The van der Waals surface area contributed by atoms with Gasteiger partial charge in [-0.25, -0.2) is 0 Å². The summed E-state index contributed by atoms with van der Waals surface area (Å²) in [6.45, 7) is 11.8. The lowest BCUT2D eigenvalue weighted by molar-refractivity contribution is -0.142. The molecule has 0 aromatic rings. The van der Waals surface area contributed by atoms with Gasteiger partial charge in [0, 0.05) is 31.7 Å². The van der Waals surface area contributed by atoms with E-state index in [9.17, 15) is 4.79 Å². The highest BCUT2D eigenvalue weighted by atomic mass is 16.5. The van der Waals surface area contributed by atoms with Crippen molar-refractivity contribution in [2.24, 2.45) is 5.41 Å². The monoisotopic (exact) mass is 242 g/mol. The largest absolute Gasteiger partial charge is 0.469 e. The van der Waals surface area contributed by atoms with Crippen LogP contribution in [0.3, 0.4) is 0 Å². The maximum Gasteiger partial charge on any atom is 0.307 e. The van der Waals surface area contributed by atoms with Gasteiger partial charge in [-0.1, -0.05) is 13.8 Å². The van der Waals surface area contributed by atoms with E-state index in [1.54, 1.807) is 0 Å². The van der Waals surface area contributed by atoms with Gasteiger partial charge < -0.3 is 10.1 Å². The highest BCUT2D eigenvalue weighted by Gasteiger charge is 2.32. The van der Waals surface area contributed by atoms with Crippen molar-refractivity contribution in [2.45, 2.75) is 46.2 Å². The van der Waals surface area contributed by atoms with Crippen LogP contribution in [0.2, 0.25) is 0 Å². The number of ether oxygens (including phenoxy) is 1. The fourth-order valence-electron chi connectivity index (χ4n) is 2.44. The van der Waals surface area contributed by atoms with Crippen LogP contribution >= 0.6 is 0 Å². The van der Waals surface area contributed by atoms with E-state index in [1.807, 2.05) is 0 Å². The fourth-order valence-corrected chi connectivity index (χ4v) is 2.44. The summed E-state index contributed by atoms with van der Waals surface area (Å²) in [5, 5.41) is 3.45. The molecule has 0 amide bonds. The molecule has 0 bridgehead atoms. The summed E-state index contributed by atoms with van der Waals surface area (Å²) < 4.78 is 4.78. The van der Waals surface area contributed by atoms with E-state index >= 15 is 0 Å². The Bertz CT molecular complexity index is 264. The van der Waals surface area contributed by atoms with Crippen molar-refractivity contribution >= 4 is 5.97 Å². The van der Waals surface area contributed by atoms with Crippen LogP contribution in [0.4, 0.5) is 0 Å². The van der Waals surface area contributed by atoms with Crippen LogP contribution < -0.4 is 5.32 Å². The Hall–Kier alpha value is -0.610. The zero-order valence-corrected chi connectivity index (χ0v) is 11.7. The zero-order chi connectivity index (χ0) is 13.1. The molecule has 1 aliphatic rings. The van der Waals surface area contributed by atoms with Crippen LogP contribution in [0.15, 0.2) is 0 Å². The van der Waals surface area contributed by atoms with Crippen LogP contribution in [0, 0.1) is 5.41 Å². The molecule has 100 valence electrons. The SMILES string of the molecule is COC(=O)CC1CNCC(C)(C)CN1C(C)C. The first kappa shape index (κ1) is 14.5. The second kappa shape index (κ2) is 5.83. The summed E-state index contributed by atoms with van der Waals surface area (Å²) >= 11 is 0. The Morgan fingerprint density at radius 1 is 1.53 bits per heavy atom. The van der Waals surface area contributed by atoms with Crippen molar-refractivity contribution in [3.8, 4) is 0 Å². The predicted molar refractivity (Wildman–Crippen MR) is 68.9 cm³/mol. The van der Waals surface area contributed by atoms with Gasteiger partial charge in [0.2, 0.25) is 0 Å². The molecule has 1 heterocycles. The molecule has 1 aliphatic heterocycles. The molecule has 1 fully saturated rings. The summed E-state index contributed by atoms with van der Waals surface area (Å²) in [5.41, 5.74) is 0.245. The van der Waals surface area contributed by atoms with Gasteiger partial charge in [-0.3, -0.25) is 9.69 Å². The van der Waals surface area contributed by atoms with E-state index in [2.05, 4.69) is 37.9 Å². The molecule has 1 rings (SSSR count). The minimum absolute atomic E-state index is 0.123. The van der Waals surface area contributed by atoms with E-state index in [0.29, 0.717) is 12.5 Å². The third-order valence-electron chi connectivity index (χ3n) is 3.36. The number of carbonyl (C=O) groups is 1. The van der Waals surface area contributed by atoms with E-state index in [0.717, 1.165) is 19.6 Å². The van der Waals surface area contributed by atoms with Crippen LogP contribution in [-0.4, -0.2) is 49.7 Å². The molecule has 0 saturated carbocycles. The van der Waals surface area contributed by atoms with Crippen molar-refractivity contribution in [1.82, 2.24) is 10.2 Å². The molecule has 4 nitrogen and oxygen atoms in total. The lowest BCUT2D eigenvalue weighted by Gasteiger charge is -2.36.